The smallest absolute Gasteiger partial charge is 0.326 e. The Morgan fingerprint density at radius 1 is 1.37 bits per heavy atom. The van der Waals surface area contributed by atoms with E-state index in [4.69, 9.17) is 9.84 Å². The van der Waals surface area contributed by atoms with Crippen molar-refractivity contribution in [2.24, 2.45) is 0 Å². The summed E-state index contributed by atoms with van der Waals surface area (Å²) in [6.45, 7) is 2.39. The molecule has 0 aliphatic carbocycles. The van der Waals surface area contributed by atoms with Crippen molar-refractivity contribution < 1.29 is 24.2 Å². The van der Waals surface area contributed by atoms with Gasteiger partial charge in [0.05, 0.1) is 6.54 Å². The van der Waals surface area contributed by atoms with Crippen molar-refractivity contribution in [3.8, 4) is 0 Å². The summed E-state index contributed by atoms with van der Waals surface area (Å²) in [5.74, 6) is -1.40. The Balaban J connectivity index is 4.13. The number of methoxy groups -OCH3 is 1. The van der Waals surface area contributed by atoms with Gasteiger partial charge in [-0.05, 0) is 6.92 Å². The maximum Gasteiger partial charge on any atom is 0.326 e. The van der Waals surface area contributed by atoms with E-state index in [1.165, 1.54) is 12.0 Å². The Labute approximate surface area is 112 Å². The molecule has 8 heteroatoms. The number of urea groups is 1. The number of aliphatic carboxylic acids is 1. The van der Waals surface area contributed by atoms with Gasteiger partial charge in [0.2, 0.25) is 5.91 Å². The van der Waals surface area contributed by atoms with Gasteiger partial charge in [0.1, 0.15) is 6.04 Å². The van der Waals surface area contributed by atoms with Crippen molar-refractivity contribution in [1.82, 2.24) is 15.5 Å². The summed E-state index contributed by atoms with van der Waals surface area (Å²) in [6, 6.07) is -1.74. The van der Waals surface area contributed by atoms with Gasteiger partial charge >= 0.3 is 12.0 Å². The molecule has 0 spiro atoms. The molecule has 0 fully saturated rings. The van der Waals surface area contributed by atoms with Crippen LogP contribution in [0.5, 0.6) is 0 Å². The molecule has 3 N–H and O–H groups in total. The lowest BCUT2D eigenvalue weighted by atomic mass is 10.2. The average molecular weight is 275 g/mol. The van der Waals surface area contributed by atoms with E-state index in [0.29, 0.717) is 6.54 Å². The van der Waals surface area contributed by atoms with Crippen molar-refractivity contribution in [3.05, 3.63) is 0 Å². The predicted octanol–water partition coefficient (Wildman–Crippen LogP) is -0.746. The van der Waals surface area contributed by atoms with Gasteiger partial charge < -0.3 is 25.4 Å². The van der Waals surface area contributed by atoms with Crippen LogP contribution in [0.3, 0.4) is 0 Å². The van der Waals surface area contributed by atoms with Gasteiger partial charge in [-0.15, -0.1) is 0 Å². The van der Waals surface area contributed by atoms with Gasteiger partial charge in [-0.1, -0.05) is 0 Å². The molecule has 0 aromatic rings. The molecular formula is C11H21N3O5. The molecule has 0 aromatic heterocycles. The SMILES string of the molecule is CCN(C)C(=O)CNC(=O)NC(CCOC)C(=O)O. The van der Waals surface area contributed by atoms with Crippen LogP contribution in [0.1, 0.15) is 13.3 Å². The van der Waals surface area contributed by atoms with E-state index >= 15 is 0 Å². The normalized spacial score (nSPS) is 11.5. The molecule has 0 radical (unpaired) electrons. The fourth-order valence-electron chi connectivity index (χ4n) is 1.17. The zero-order valence-corrected chi connectivity index (χ0v) is 11.4. The number of hydrogen-bond acceptors (Lipinski definition) is 4. The number of carboxylic acids is 1. The van der Waals surface area contributed by atoms with E-state index in [-0.39, 0.29) is 25.5 Å². The zero-order chi connectivity index (χ0) is 14.8. The van der Waals surface area contributed by atoms with E-state index < -0.39 is 18.0 Å². The van der Waals surface area contributed by atoms with E-state index in [2.05, 4.69) is 10.6 Å². The third kappa shape index (κ3) is 7.24. The van der Waals surface area contributed by atoms with Crippen LogP contribution in [0.25, 0.3) is 0 Å². The van der Waals surface area contributed by atoms with E-state index in [9.17, 15) is 14.4 Å². The summed E-state index contributed by atoms with van der Waals surface area (Å²) in [4.78, 5) is 35.2. The fraction of sp³-hybridized carbons (Fsp3) is 0.727. The maximum absolute atomic E-state index is 11.4. The number of rotatable bonds is 8. The number of likely N-dealkylation sites (N-methyl/N-ethyl adjacent to an activating group) is 1. The summed E-state index contributed by atoms with van der Waals surface area (Å²) in [7, 11) is 3.05. The molecule has 110 valence electrons. The van der Waals surface area contributed by atoms with Gasteiger partial charge in [-0.25, -0.2) is 9.59 Å². The Bertz CT molecular complexity index is 321. The first-order valence-corrected chi connectivity index (χ1v) is 5.92. The Hall–Kier alpha value is -1.83. The van der Waals surface area contributed by atoms with Gasteiger partial charge in [0.15, 0.2) is 0 Å². The second-order valence-electron chi connectivity index (χ2n) is 3.91. The fourth-order valence-corrected chi connectivity index (χ4v) is 1.17. The Morgan fingerprint density at radius 2 is 2.00 bits per heavy atom. The van der Waals surface area contributed by atoms with Crippen LogP contribution in [0, 0.1) is 0 Å². The van der Waals surface area contributed by atoms with Crippen molar-refractivity contribution >= 4 is 17.9 Å². The monoisotopic (exact) mass is 275 g/mol. The molecule has 0 aliphatic heterocycles. The average Bonchev–Trinajstić information content (AvgIpc) is 2.39. The van der Waals surface area contributed by atoms with E-state index in [1.807, 2.05) is 6.92 Å². The molecule has 0 saturated heterocycles. The van der Waals surface area contributed by atoms with Gasteiger partial charge in [0.25, 0.3) is 0 Å². The van der Waals surface area contributed by atoms with Crippen LogP contribution in [0.15, 0.2) is 0 Å². The molecule has 1 unspecified atom stereocenters. The summed E-state index contributed by atoms with van der Waals surface area (Å²) in [5.41, 5.74) is 0. The molecule has 3 amide bonds. The van der Waals surface area contributed by atoms with Crippen LogP contribution in [-0.4, -0.2) is 67.8 Å². The number of amides is 3. The summed E-state index contributed by atoms with van der Waals surface area (Å²) >= 11 is 0. The molecule has 1 atom stereocenters. The highest BCUT2D eigenvalue weighted by molar-refractivity contribution is 5.86. The van der Waals surface area contributed by atoms with E-state index in [0.717, 1.165) is 0 Å². The molecular weight excluding hydrogens is 254 g/mol. The predicted molar refractivity (Wildman–Crippen MR) is 67.8 cm³/mol. The number of carbonyl (C=O) groups is 3. The molecule has 0 saturated carbocycles. The quantitative estimate of drug-likeness (QED) is 0.540. The molecule has 0 aliphatic rings. The lowest BCUT2D eigenvalue weighted by Gasteiger charge is -2.17. The minimum Gasteiger partial charge on any atom is -0.480 e. The number of ether oxygens (including phenoxy) is 1. The van der Waals surface area contributed by atoms with Gasteiger partial charge in [-0.3, -0.25) is 4.79 Å². The lowest BCUT2D eigenvalue weighted by molar-refractivity contribution is -0.139. The lowest BCUT2D eigenvalue weighted by Crippen LogP contribution is -2.48. The van der Waals surface area contributed by atoms with Crippen molar-refractivity contribution in [3.63, 3.8) is 0 Å². The molecule has 19 heavy (non-hydrogen) atoms. The second-order valence-corrected chi connectivity index (χ2v) is 3.91. The van der Waals surface area contributed by atoms with Crippen molar-refractivity contribution in [2.45, 2.75) is 19.4 Å². The van der Waals surface area contributed by atoms with Crippen LogP contribution < -0.4 is 10.6 Å². The minimum atomic E-state index is -1.15. The summed E-state index contributed by atoms with van der Waals surface area (Å²) < 4.78 is 4.75. The Kier molecular flexibility index (Phi) is 8.27. The summed E-state index contributed by atoms with van der Waals surface area (Å²) in [6.07, 6.45) is 0.155. The highest BCUT2D eigenvalue weighted by atomic mass is 16.5. The third-order valence-electron chi connectivity index (χ3n) is 2.51. The number of nitrogens with zero attached hydrogens (tertiary/aromatic N) is 1. The van der Waals surface area contributed by atoms with Crippen molar-refractivity contribution in [2.75, 3.05) is 33.9 Å². The maximum atomic E-state index is 11.4. The standard InChI is InChI=1S/C11H21N3O5/c1-4-14(2)9(15)7-12-11(18)13-8(10(16)17)5-6-19-3/h8H,4-7H2,1-3H3,(H,16,17)(H2,12,13,18). The van der Waals surface area contributed by atoms with Crippen LogP contribution in [-0.2, 0) is 14.3 Å². The van der Waals surface area contributed by atoms with Crippen LogP contribution in [0.2, 0.25) is 0 Å². The molecule has 0 rings (SSSR count). The van der Waals surface area contributed by atoms with E-state index in [1.54, 1.807) is 7.05 Å². The zero-order valence-electron chi connectivity index (χ0n) is 11.4. The van der Waals surface area contributed by atoms with Gasteiger partial charge in [0, 0.05) is 33.7 Å². The molecule has 0 heterocycles. The van der Waals surface area contributed by atoms with Crippen LogP contribution in [0.4, 0.5) is 4.79 Å². The van der Waals surface area contributed by atoms with Crippen LogP contribution >= 0.6 is 0 Å². The first-order chi connectivity index (χ1) is 8.92. The highest BCUT2D eigenvalue weighted by Gasteiger charge is 2.19. The first kappa shape index (κ1) is 17.2. The molecule has 8 nitrogen and oxygen atoms in total. The first-order valence-electron chi connectivity index (χ1n) is 5.92. The summed E-state index contributed by atoms with van der Waals surface area (Å²) in [5, 5.41) is 13.5. The second kappa shape index (κ2) is 9.15. The van der Waals surface area contributed by atoms with Gasteiger partial charge in [-0.2, -0.15) is 0 Å². The van der Waals surface area contributed by atoms with Crippen molar-refractivity contribution in [1.29, 1.82) is 0 Å². The number of carbonyl (C=O) groups excluding carboxylic acids is 2. The minimum absolute atomic E-state index is 0.155. The largest absolute Gasteiger partial charge is 0.480 e. The third-order valence-corrected chi connectivity index (χ3v) is 2.51. The molecule has 0 bridgehead atoms. The number of hydrogen-bond donors (Lipinski definition) is 3. The molecule has 0 aromatic carbocycles. The highest BCUT2D eigenvalue weighted by Crippen LogP contribution is 1.93. The number of carboxylic acid groups (broad SMARTS) is 1. The number of nitrogens with one attached hydrogen (secondary N) is 2. The topological polar surface area (TPSA) is 108 Å². The Morgan fingerprint density at radius 3 is 2.47 bits per heavy atom.